The number of likely N-dealkylation sites (tertiary alicyclic amines) is 1. The summed E-state index contributed by atoms with van der Waals surface area (Å²) in [6, 6.07) is 0. The van der Waals surface area contributed by atoms with E-state index >= 15 is 0 Å². The zero-order valence-corrected chi connectivity index (χ0v) is 12.8. The van der Waals surface area contributed by atoms with Gasteiger partial charge in [-0.2, -0.15) is 0 Å². The van der Waals surface area contributed by atoms with Crippen LogP contribution in [0, 0.1) is 17.3 Å². The van der Waals surface area contributed by atoms with Crippen molar-refractivity contribution in [2.75, 3.05) is 13.1 Å². The second-order valence-electron chi connectivity index (χ2n) is 7.34. The number of hydrogen-bond donors (Lipinski definition) is 1. The van der Waals surface area contributed by atoms with Crippen molar-refractivity contribution in [2.24, 2.45) is 17.3 Å². The van der Waals surface area contributed by atoms with Crippen molar-refractivity contribution in [2.45, 2.75) is 52.6 Å². The van der Waals surface area contributed by atoms with Gasteiger partial charge in [0, 0.05) is 13.1 Å². The van der Waals surface area contributed by atoms with Gasteiger partial charge in [0.1, 0.15) is 5.60 Å². The van der Waals surface area contributed by atoms with E-state index in [4.69, 9.17) is 9.84 Å². The molecular formula is C15H25NO4. The SMILES string of the molecule is CC(C)(C)OC(=O)N1CCC(C2(C)CC2C(=O)O)CC1. The fourth-order valence-corrected chi connectivity index (χ4v) is 3.25. The molecule has 0 aromatic carbocycles. The number of carbonyl (C=O) groups excluding carboxylic acids is 1. The van der Waals surface area contributed by atoms with E-state index in [2.05, 4.69) is 6.92 Å². The molecule has 1 saturated carbocycles. The molecule has 114 valence electrons. The molecule has 2 rings (SSSR count). The Kier molecular flexibility index (Phi) is 3.73. The summed E-state index contributed by atoms with van der Waals surface area (Å²) in [6.07, 6.45) is 2.27. The highest BCUT2D eigenvalue weighted by Gasteiger charge is 2.59. The summed E-state index contributed by atoms with van der Waals surface area (Å²) < 4.78 is 5.37. The van der Waals surface area contributed by atoms with Gasteiger partial charge in [-0.3, -0.25) is 4.79 Å². The number of hydrogen-bond acceptors (Lipinski definition) is 3. The zero-order chi connectivity index (χ0) is 15.1. The molecule has 2 fully saturated rings. The molecule has 1 amide bonds. The molecule has 1 aliphatic heterocycles. The maximum atomic E-state index is 12.0. The van der Waals surface area contributed by atoms with Gasteiger partial charge in [0.25, 0.3) is 0 Å². The Morgan fingerprint density at radius 1 is 1.25 bits per heavy atom. The average molecular weight is 283 g/mol. The second-order valence-corrected chi connectivity index (χ2v) is 7.34. The van der Waals surface area contributed by atoms with Crippen molar-refractivity contribution in [3.8, 4) is 0 Å². The van der Waals surface area contributed by atoms with E-state index < -0.39 is 11.6 Å². The Labute approximate surface area is 120 Å². The van der Waals surface area contributed by atoms with E-state index in [1.54, 1.807) is 4.90 Å². The van der Waals surface area contributed by atoms with Crippen LogP contribution in [0.5, 0.6) is 0 Å². The molecule has 20 heavy (non-hydrogen) atoms. The molecule has 0 aromatic heterocycles. The van der Waals surface area contributed by atoms with Gasteiger partial charge < -0.3 is 14.7 Å². The summed E-state index contributed by atoms with van der Waals surface area (Å²) in [5.41, 5.74) is -0.531. The normalized spacial score (nSPS) is 31.0. The molecule has 1 N–H and O–H groups in total. The van der Waals surface area contributed by atoms with E-state index in [-0.39, 0.29) is 17.4 Å². The van der Waals surface area contributed by atoms with Crippen molar-refractivity contribution in [1.82, 2.24) is 4.90 Å². The summed E-state index contributed by atoms with van der Waals surface area (Å²) in [7, 11) is 0. The molecule has 1 heterocycles. The summed E-state index contributed by atoms with van der Waals surface area (Å²) in [6.45, 7) is 8.99. The number of amides is 1. The smallest absolute Gasteiger partial charge is 0.410 e. The predicted octanol–water partition coefficient (Wildman–Crippen LogP) is 2.74. The van der Waals surface area contributed by atoms with Crippen LogP contribution in [0.3, 0.4) is 0 Å². The number of carbonyl (C=O) groups is 2. The summed E-state index contributed by atoms with van der Waals surface area (Å²) >= 11 is 0. The molecule has 0 aromatic rings. The van der Waals surface area contributed by atoms with Gasteiger partial charge in [0.05, 0.1) is 5.92 Å². The number of aliphatic carboxylic acids is 1. The van der Waals surface area contributed by atoms with Crippen molar-refractivity contribution in [3.63, 3.8) is 0 Å². The van der Waals surface area contributed by atoms with E-state index in [0.717, 1.165) is 19.3 Å². The third-order valence-electron chi connectivity index (χ3n) is 4.66. The Hall–Kier alpha value is -1.26. The minimum atomic E-state index is -0.679. The van der Waals surface area contributed by atoms with Crippen LogP contribution in [0.25, 0.3) is 0 Å². The first-order chi connectivity index (χ1) is 9.13. The van der Waals surface area contributed by atoms with Crippen LogP contribution in [0.2, 0.25) is 0 Å². The second kappa shape index (κ2) is 4.93. The third-order valence-corrected chi connectivity index (χ3v) is 4.66. The summed E-state index contributed by atoms with van der Waals surface area (Å²) in [5, 5.41) is 9.10. The largest absolute Gasteiger partial charge is 0.481 e. The van der Waals surface area contributed by atoms with Crippen molar-refractivity contribution in [3.05, 3.63) is 0 Å². The molecule has 1 aliphatic carbocycles. The van der Waals surface area contributed by atoms with E-state index in [0.29, 0.717) is 19.0 Å². The number of carboxylic acids is 1. The summed E-state index contributed by atoms with van der Waals surface area (Å²) in [5.74, 6) is -0.468. The lowest BCUT2D eigenvalue weighted by molar-refractivity contribution is -0.139. The van der Waals surface area contributed by atoms with E-state index in [1.165, 1.54) is 0 Å². The molecule has 0 spiro atoms. The van der Waals surface area contributed by atoms with Crippen LogP contribution < -0.4 is 0 Å². The quantitative estimate of drug-likeness (QED) is 0.846. The number of piperidine rings is 1. The Morgan fingerprint density at radius 2 is 1.80 bits per heavy atom. The van der Waals surface area contributed by atoms with Crippen LogP contribution in [0.1, 0.15) is 47.0 Å². The first kappa shape index (κ1) is 15.1. The molecule has 5 heteroatoms. The highest BCUT2D eigenvalue weighted by atomic mass is 16.6. The monoisotopic (exact) mass is 283 g/mol. The van der Waals surface area contributed by atoms with Gasteiger partial charge in [-0.25, -0.2) is 4.79 Å². The molecule has 0 radical (unpaired) electrons. The van der Waals surface area contributed by atoms with Crippen LogP contribution in [0.4, 0.5) is 4.79 Å². The topological polar surface area (TPSA) is 66.8 Å². The molecule has 2 unspecified atom stereocenters. The maximum absolute atomic E-state index is 12.0. The van der Waals surface area contributed by atoms with Gasteiger partial charge in [-0.05, 0) is 51.4 Å². The summed E-state index contributed by atoms with van der Waals surface area (Å²) in [4.78, 5) is 24.8. The highest BCUT2D eigenvalue weighted by molar-refractivity contribution is 5.74. The number of carboxylic acid groups (broad SMARTS) is 1. The van der Waals surface area contributed by atoms with Gasteiger partial charge in [0.2, 0.25) is 0 Å². The molecule has 5 nitrogen and oxygen atoms in total. The molecule has 2 aliphatic rings. The zero-order valence-electron chi connectivity index (χ0n) is 12.8. The van der Waals surface area contributed by atoms with Crippen molar-refractivity contribution < 1.29 is 19.4 Å². The molecular weight excluding hydrogens is 258 g/mol. The van der Waals surface area contributed by atoms with Crippen LogP contribution in [0.15, 0.2) is 0 Å². The lowest BCUT2D eigenvalue weighted by atomic mass is 9.81. The third kappa shape index (κ3) is 3.07. The van der Waals surface area contributed by atoms with Crippen LogP contribution >= 0.6 is 0 Å². The predicted molar refractivity (Wildman–Crippen MR) is 74.4 cm³/mol. The minimum Gasteiger partial charge on any atom is -0.481 e. The van der Waals surface area contributed by atoms with Crippen molar-refractivity contribution >= 4 is 12.1 Å². The Bertz CT molecular complexity index is 407. The van der Waals surface area contributed by atoms with Gasteiger partial charge in [-0.1, -0.05) is 6.92 Å². The molecule has 0 bridgehead atoms. The number of rotatable bonds is 2. The minimum absolute atomic E-state index is 0.0636. The van der Waals surface area contributed by atoms with Gasteiger partial charge in [0.15, 0.2) is 0 Å². The maximum Gasteiger partial charge on any atom is 0.410 e. The van der Waals surface area contributed by atoms with E-state index in [1.807, 2.05) is 20.8 Å². The molecule has 1 saturated heterocycles. The van der Waals surface area contributed by atoms with Gasteiger partial charge in [-0.15, -0.1) is 0 Å². The lowest BCUT2D eigenvalue weighted by Crippen LogP contribution is -2.43. The molecule has 2 atom stereocenters. The Morgan fingerprint density at radius 3 is 2.20 bits per heavy atom. The number of ether oxygens (including phenoxy) is 1. The fraction of sp³-hybridized carbons (Fsp3) is 0.867. The number of nitrogens with zero attached hydrogens (tertiary/aromatic N) is 1. The van der Waals surface area contributed by atoms with E-state index in [9.17, 15) is 9.59 Å². The average Bonchev–Trinajstić information content (AvgIpc) is 3.01. The highest BCUT2D eigenvalue weighted by Crippen LogP contribution is 2.60. The standard InChI is InChI=1S/C15H25NO4/c1-14(2,3)20-13(19)16-7-5-10(6-8-16)15(4)9-11(15)12(17)18/h10-11H,5-9H2,1-4H3,(H,17,18). The first-order valence-electron chi connectivity index (χ1n) is 7.34. The fourth-order valence-electron chi connectivity index (χ4n) is 3.25. The Balaban J connectivity index is 1.85. The van der Waals surface area contributed by atoms with Crippen LogP contribution in [-0.2, 0) is 9.53 Å². The lowest BCUT2D eigenvalue weighted by Gasteiger charge is -2.36. The van der Waals surface area contributed by atoms with Crippen LogP contribution in [-0.4, -0.2) is 40.8 Å². The van der Waals surface area contributed by atoms with Crippen molar-refractivity contribution in [1.29, 1.82) is 0 Å². The van der Waals surface area contributed by atoms with Gasteiger partial charge >= 0.3 is 12.1 Å². The first-order valence-corrected chi connectivity index (χ1v) is 7.34.